The number of carbonyl (C=O) groups excluding carboxylic acids is 2. The highest BCUT2D eigenvalue weighted by Gasteiger charge is 2.33. The zero-order valence-electron chi connectivity index (χ0n) is 19.7. The molecule has 0 radical (unpaired) electrons. The van der Waals surface area contributed by atoms with E-state index in [0.717, 1.165) is 5.56 Å². The molecule has 0 saturated carbocycles. The maximum Gasteiger partial charge on any atom is 0.275 e. The van der Waals surface area contributed by atoms with E-state index in [0.29, 0.717) is 23.6 Å². The summed E-state index contributed by atoms with van der Waals surface area (Å²) in [4.78, 5) is 37.0. The van der Waals surface area contributed by atoms with Crippen LogP contribution in [0.5, 0.6) is 5.75 Å². The third kappa shape index (κ3) is 6.09. The number of nitrogens with one attached hydrogen (secondary N) is 1. The topological polar surface area (TPSA) is 84.4 Å². The predicted molar refractivity (Wildman–Crippen MR) is 134 cm³/mol. The van der Waals surface area contributed by atoms with Gasteiger partial charge in [-0.2, -0.15) is 0 Å². The lowest BCUT2D eigenvalue weighted by Crippen LogP contribution is -2.41. The number of aromatic nitrogens is 2. The summed E-state index contributed by atoms with van der Waals surface area (Å²) in [5.41, 5.74) is 1.93. The molecule has 1 N–H and O–H groups in total. The van der Waals surface area contributed by atoms with E-state index in [1.165, 1.54) is 47.8 Å². The first-order chi connectivity index (χ1) is 17.5. The molecule has 4 aromatic rings. The van der Waals surface area contributed by atoms with Crippen molar-refractivity contribution in [3.8, 4) is 5.75 Å². The van der Waals surface area contributed by atoms with Crippen molar-refractivity contribution in [2.45, 2.75) is 19.5 Å². The Bertz CT molecular complexity index is 1280. The molecule has 0 aliphatic carbocycles. The Kier molecular flexibility index (Phi) is 7.97. The van der Waals surface area contributed by atoms with E-state index in [1.807, 2.05) is 37.3 Å². The molecule has 0 aliphatic rings. The highest BCUT2D eigenvalue weighted by atomic mass is 19.1. The molecule has 8 heteroatoms. The summed E-state index contributed by atoms with van der Waals surface area (Å²) >= 11 is 0. The maximum atomic E-state index is 13.7. The fraction of sp³-hybridized carbons (Fsp3) is 0.143. The van der Waals surface area contributed by atoms with Crippen molar-refractivity contribution in [1.29, 1.82) is 0 Å². The molecule has 4 rings (SSSR count). The van der Waals surface area contributed by atoms with Crippen LogP contribution in [0.2, 0.25) is 0 Å². The van der Waals surface area contributed by atoms with Crippen LogP contribution in [0.4, 0.5) is 10.1 Å². The van der Waals surface area contributed by atoms with Crippen molar-refractivity contribution in [3.63, 3.8) is 0 Å². The molecule has 1 atom stereocenters. The molecule has 0 aliphatic heterocycles. The number of benzene rings is 3. The fourth-order valence-corrected chi connectivity index (χ4v) is 3.75. The van der Waals surface area contributed by atoms with Gasteiger partial charge in [0.1, 0.15) is 23.3 Å². The average Bonchev–Trinajstić information content (AvgIpc) is 2.91. The lowest BCUT2D eigenvalue weighted by Gasteiger charge is -2.31. The van der Waals surface area contributed by atoms with Crippen LogP contribution in [-0.2, 0) is 11.3 Å². The van der Waals surface area contributed by atoms with Crippen LogP contribution in [0.15, 0.2) is 97.5 Å². The third-order valence-corrected chi connectivity index (χ3v) is 5.42. The van der Waals surface area contributed by atoms with Crippen molar-refractivity contribution < 1.29 is 18.7 Å². The molecule has 1 aromatic heterocycles. The number of halogens is 1. The molecular formula is C28H25FN4O3. The smallest absolute Gasteiger partial charge is 0.275 e. The minimum absolute atomic E-state index is 0.110. The third-order valence-electron chi connectivity index (χ3n) is 5.42. The van der Waals surface area contributed by atoms with E-state index in [9.17, 15) is 14.0 Å². The summed E-state index contributed by atoms with van der Waals surface area (Å²) in [6, 6.07) is 20.8. The Morgan fingerprint density at radius 2 is 1.69 bits per heavy atom. The minimum Gasteiger partial charge on any atom is -0.494 e. The summed E-state index contributed by atoms with van der Waals surface area (Å²) in [6.45, 7) is 2.53. The summed E-state index contributed by atoms with van der Waals surface area (Å²) in [5, 5.41) is 2.81. The number of ether oxygens (including phenoxy) is 1. The second kappa shape index (κ2) is 11.7. The van der Waals surface area contributed by atoms with Gasteiger partial charge in [0.15, 0.2) is 0 Å². The summed E-state index contributed by atoms with van der Waals surface area (Å²) in [7, 11) is 0. The van der Waals surface area contributed by atoms with Gasteiger partial charge >= 0.3 is 0 Å². The first kappa shape index (κ1) is 24.5. The van der Waals surface area contributed by atoms with Gasteiger partial charge in [-0.15, -0.1) is 0 Å². The van der Waals surface area contributed by atoms with Crippen molar-refractivity contribution in [1.82, 2.24) is 14.9 Å². The van der Waals surface area contributed by atoms with Gasteiger partial charge in [0.05, 0.1) is 12.8 Å². The second-order valence-corrected chi connectivity index (χ2v) is 7.91. The lowest BCUT2D eigenvalue weighted by atomic mass is 10.0. The van der Waals surface area contributed by atoms with Gasteiger partial charge in [-0.05, 0) is 54.4 Å². The molecule has 7 nitrogen and oxygen atoms in total. The zero-order valence-corrected chi connectivity index (χ0v) is 19.7. The Labute approximate surface area is 208 Å². The summed E-state index contributed by atoms with van der Waals surface area (Å²) in [5.74, 6) is -0.688. The molecule has 182 valence electrons. The molecule has 0 bridgehead atoms. The van der Waals surface area contributed by atoms with Crippen molar-refractivity contribution >= 4 is 17.5 Å². The highest BCUT2D eigenvalue weighted by Crippen LogP contribution is 2.28. The van der Waals surface area contributed by atoms with E-state index in [4.69, 9.17) is 4.74 Å². The predicted octanol–water partition coefficient (Wildman–Crippen LogP) is 5.04. The summed E-state index contributed by atoms with van der Waals surface area (Å²) < 4.78 is 19.0. The minimum atomic E-state index is -1.03. The first-order valence-electron chi connectivity index (χ1n) is 11.4. The highest BCUT2D eigenvalue weighted by molar-refractivity contribution is 6.00. The molecule has 1 heterocycles. The van der Waals surface area contributed by atoms with Gasteiger partial charge in [0.2, 0.25) is 0 Å². The standard InChI is InChI=1S/C28H25FN4O3/c1-2-36-24-14-8-21(9-15-24)26(27(34)32-23-12-10-22(29)11-13-23)33(19-20-6-4-3-5-7-20)28(35)25-18-30-16-17-31-25/h3-18,26H,2,19H2,1H3,(H,32,34)/t26-/m1/s1. The molecule has 0 fully saturated rings. The normalized spacial score (nSPS) is 11.4. The Hall–Kier alpha value is -4.59. The zero-order chi connectivity index (χ0) is 25.3. The SMILES string of the molecule is CCOc1ccc([C@H](C(=O)Nc2ccc(F)cc2)N(Cc2ccccc2)C(=O)c2cnccn2)cc1. The van der Waals surface area contributed by atoms with Gasteiger partial charge in [0.25, 0.3) is 11.8 Å². The van der Waals surface area contributed by atoms with Gasteiger partial charge in [-0.25, -0.2) is 9.37 Å². The maximum absolute atomic E-state index is 13.7. The number of hydrogen-bond donors (Lipinski definition) is 1. The fourth-order valence-electron chi connectivity index (χ4n) is 3.75. The van der Waals surface area contributed by atoms with E-state index < -0.39 is 23.7 Å². The molecule has 3 aromatic carbocycles. The monoisotopic (exact) mass is 484 g/mol. The molecule has 36 heavy (non-hydrogen) atoms. The van der Waals surface area contributed by atoms with E-state index in [-0.39, 0.29) is 12.2 Å². The molecular weight excluding hydrogens is 459 g/mol. The van der Waals surface area contributed by atoms with E-state index in [1.54, 1.807) is 24.3 Å². The van der Waals surface area contributed by atoms with E-state index >= 15 is 0 Å². The quantitative estimate of drug-likeness (QED) is 0.360. The van der Waals surface area contributed by atoms with Crippen molar-refractivity contribution in [2.24, 2.45) is 0 Å². The molecule has 0 unspecified atom stereocenters. The number of nitrogens with zero attached hydrogens (tertiary/aromatic N) is 3. The molecule has 0 saturated heterocycles. The Morgan fingerprint density at radius 1 is 0.972 bits per heavy atom. The Morgan fingerprint density at radius 3 is 2.33 bits per heavy atom. The van der Waals surface area contributed by atoms with Crippen LogP contribution in [-0.4, -0.2) is 33.3 Å². The van der Waals surface area contributed by atoms with Crippen LogP contribution in [0, 0.1) is 5.82 Å². The van der Waals surface area contributed by atoms with Gasteiger partial charge in [0, 0.05) is 24.6 Å². The number of amides is 2. The lowest BCUT2D eigenvalue weighted by molar-refractivity contribution is -0.121. The molecule has 0 spiro atoms. The number of anilines is 1. The number of rotatable bonds is 9. The van der Waals surface area contributed by atoms with Crippen LogP contribution in [0.3, 0.4) is 0 Å². The van der Waals surface area contributed by atoms with Crippen molar-refractivity contribution in [3.05, 3.63) is 120 Å². The van der Waals surface area contributed by atoms with E-state index in [2.05, 4.69) is 15.3 Å². The van der Waals surface area contributed by atoms with Crippen LogP contribution in [0.25, 0.3) is 0 Å². The van der Waals surface area contributed by atoms with Crippen LogP contribution >= 0.6 is 0 Å². The van der Waals surface area contributed by atoms with Gasteiger partial charge < -0.3 is 15.0 Å². The first-order valence-corrected chi connectivity index (χ1v) is 11.4. The largest absolute Gasteiger partial charge is 0.494 e. The Balaban J connectivity index is 1.77. The molecule has 2 amide bonds. The van der Waals surface area contributed by atoms with Crippen LogP contribution < -0.4 is 10.1 Å². The summed E-state index contributed by atoms with van der Waals surface area (Å²) in [6.07, 6.45) is 4.27. The van der Waals surface area contributed by atoms with Gasteiger partial charge in [-0.3, -0.25) is 14.6 Å². The van der Waals surface area contributed by atoms with Crippen LogP contribution in [0.1, 0.15) is 34.6 Å². The number of carbonyl (C=O) groups is 2. The second-order valence-electron chi connectivity index (χ2n) is 7.91. The number of hydrogen-bond acceptors (Lipinski definition) is 5. The average molecular weight is 485 g/mol. The van der Waals surface area contributed by atoms with Gasteiger partial charge in [-0.1, -0.05) is 42.5 Å². The van der Waals surface area contributed by atoms with Crippen molar-refractivity contribution in [2.75, 3.05) is 11.9 Å².